The summed E-state index contributed by atoms with van der Waals surface area (Å²) in [5, 5.41) is 6.05. The fourth-order valence-electron chi connectivity index (χ4n) is 2.04. The molecule has 1 aliphatic heterocycles. The minimum Gasteiger partial charge on any atom is -0.397 e. The van der Waals surface area contributed by atoms with Gasteiger partial charge in [-0.05, 0) is 31.5 Å². The van der Waals surface area contributed by atoms with Crippen molar-refractivity contribution in [1.82, 2.24) is 0 Å². The van der Waals surface area contributed by atoms with Crippen LogP contribution in [0.3, 0.4) is 0 Å². The van der Waals surface area contributed by atoms with Gasteiger partial charge in [0.15, 0.2) is 0 Å². The molecule has 1 unspecified atom stereocenters. The molecule has 0 aliphatic carbocycles. The predicted octanol–water partition coefficient (Wildman–Crippen LogP) is 1.60. The summed E-state index contributed by atoms with van der Waals surface area (Å²) in [4.78, 5) is 11.3. The molecule has 5 heteroatoms. The van der Waals surface area contributed by atoms with Crippen LogP contribution < -0.4 is 16.4 Å². The number of hydrogen-bond acceptors (Lipinski definition) is 4. The van der Waals surface area contributed by atoms with Crippen LogP contribution in [-0.4, -0.2) is 25.2 Å². The van der Waals surface area contributed by atoms with E-state index < -0.39 is 0 Å². The van der Waals surface area contributed by atoms with Crippen LogP contribution >= 0.6 is 0 Å². The van der Waals surface area contributed by atoms with Crippen LogP contribution in [0.2, 0.25) is 0 Å². The predicted molar refractivity (Wildman–Crippen MR) is 72.8 cm³/mol. The Hall–Kier alpha value is -1.75. The zero-order valence-corrected chi connectivity index (χ0v) is 10.7. The Balaban J connectivity index is 2.06. The van der Waals surface area contributed by atoms with Crippen LogP contribution in [0.25, 0.3) is 0 Å². The van der Waals surface area contributed by atoms with Crippen LogP contribution in [0.1, 0.15) is 19.4 Å². The summed E-state index contributed by atoms with van der Waals surface area (Å²) in [5.41, 5.74) is 9.26. The number of benzene rings is 1. The first-order chi connectivity index (χ1) is 8.60. The number of nitrogens with one attached hydrogen (secondary N) is 2. The minimum atomic E-state index is 0.0178. The SMILES string of the molecule is CCOC(C)CNc1cc2c(cc1N)CC(=O)N2. The van der Waals surface area contributed by atoms with Crippen molar-refractivity contribution >= 4 is 23.0 Å². The van der Waals surface area contributed by atoms with E-state index in [4.69, 9.17) is 10.5 Å². The highest BCUT2D eigenvalue weighted by atomic mass is 16.5. The zero-order chi connectivity index (χ0) is 13.1. The number of carbonyl (C=O) groups is 1. The van der Waals surface area contributed by atoms with Crippen molar-refractivity contribution in [1.29, 1.82) is 0 Å². The molecular formula is C13H19N3O2. The van der Waals surface area contributed by atoms with Gasteiger partial charge in [-0.2, -0.15) is 0 Å². The number of amides is 1. The van der Waals surface area contributed by atoms with Gasteiger partial charge in [-0.3, -0.25) is 4.79 Å². The van der Waals surface area contributed by atoms with E-state index in [1.807, 2.05) is 26.0 Å². The van der Waals surface area contributed by atoms with E-state index in [1.54, 1.807) is 0 Å². The average molecular weight is 249 g/mol. The molecule has 0 aromatic heterocycles. The first kappa shape index (κ1) is 12.7. The van der Waals surface area contributed by atoms with Crippen LogP contribution in [0.4, 0.5) is 17.1 Å². The lowest BCUT2D eigenvalue weighted by Crippen LogP contribution is -2.20. The number of ether oxygens (including phenoxy) is 1. The maximum absolute atomic E-state index is 11.3. The Morgan fingerprint density at radius 3 is 3.06 bits per heavy atom. The highest BCUT2D eigenvalue weighted by Gasteiger charge is 2.19. The fraction of sp³-hybridized carbons (Fsp3) is 0.462. The van der Waals surface area contributed by atoms with Crippen molar-refractivity contribution < 1.29 is 9.53 Å². The van der Waals surface area contributed by atoms with Gasteiger partial charge < -0.3 is 21.1 Å². The van der Waals surface area contributed by atoms with Crippen molar-refractivity contribution in [3.8, 4) is 0 Å². The molecule has 98 valence electrons. The Bertz CT molecular complexity index is 460. The van der Waals surface area contributed by atoms with Gasteiger partial charge >= 0.3 is 0 Å². The Morgan fingerprint density at radius 1 is 1.56 bits per heavy atom. The molecule has 5 nitrogen and oxygen atoms in total. The third-order valence-corrected chi connectivity index (χ3v) is 2.93. The molecule has 1 aromatic carbocycles. The summed E-state index contributed by atoms with van der Waals surface area (Å²) in [7, 11) is 0. The molecule has 0 fully saturated rings. The monoisotopic (exact) mass is 249 g/mol. The van der Waals surface area contributed by atoms with Crippen molar-refractivity contribution in [2.24, 2.45) is 0 Å². The Morgan fingerprint density at radius 2 is 2.33 bits per heavy atom. The normalized spacial score (nSPS) is 15.1. The van der Waals surface area contributed by atoms with Gasteiger partial charge in [0.1, 0.15) is 0 Å². The molecule has 1 atom stereocenters. The van der Waals surface area contributed by atoms with Crippen molar-refractivity contribution in [3.05, 3.63) is 17.7 Å². The molecule has 0 saturated carbocycles. The summed E-state index contributed by atoms with van der Waals surface area (Å²) in [6.45, 7) is 5.35. The Kier molecular flexibility index (Phi) is 3.72. The third-order valence-electron chi connectivity index (χ3n) is 2.93. The van der Waals surface area contributed by atoms with Crippen molar-refractivity contribution in [3.63, 3.8) is 0 Å². The molecule has 0 saturated heterocycles. The van der Waals surface area contributed by atoms with Crippen LogP contribution in [0.15, 0.2) is 12.1 Å². The Labute approximate surface area is 107 Å². The van der Waals surface area contributed by atoms with Gasteiger partial charge in [0.25, 0.3) is 0 Å². The first-order valence-corrected chi connectivity index (χ1v) is 6.18. The van der Waals surface area contributed by atoms with E-state index in [9.17, 15) is 4.79 Å². The number of nitrogens with two attached hydrogens (primary N) is 1. The number of fused-ring (bicyclic) bond motifs is 1. The number of carbonyl (C=O) groups excluding carboxylic acids is 1. The highest BCUT2D eigenvalue weighted by molar-refractivity contribution is 6.00. The van der Waals surface area contributed by atoms with E-state index in [0.717, 1.165) is 16.9 Å². The second-order valence-corrected chi connectivity index (χ2v) is 4.47. The van der Waals surface area contributed by atoms with Crippen LogP contribution in [0, 0.1) is 0 Å². The molecule has 2 rings (SSSR count). The molecular weight excluding hydrogens is 230 g/mol. The molecule has 1 aromatic rings. The summed E-state index contributed by atoms with van der Waals surface area (Å²) in [6.07, 6.45) is 0.534. The lowest BCUT2D eigenvalue weighted by atomic mass is 10.1. The number of anilines is 3. The average Bonchev–Trinajstić information content (AvgIpc) is 2.65. The van der Waals surface area contributed by atoms with Crippen LogP contribution in [-0.2, 0) is 16.0 Å². The minimum absolute atomic E-state index is 0.0178. The fourth-order valence-corrected chi connectivity index (χ4v) is 2.04. The molecule has 0 bridgehead atoms. The maximum Gasteiger partial charge on any atom is 0.228 e. The molecule has 1 amide bonds. The largest absolute Gasteiger partial charge is 0.397 e. The lowest BCUT2D eigenvalue weighted by molar-refractivity contribution is -0.115. The molecule has 18 heavy (non-hydrogen) atoms. The van der Waals surface area contributed by atoms with Gasteiger partial charge in [0, 0.05) is 18.8 Å². The number of rotatable bonds is 5. The zero-order valence-electron chi connectivity index (χ0n) is 10.7. The lowest BCUT2D eigenvalue weighted by Gasteiger charge is -2.15. The highest BCUT2D eigenvalue weighted by Crippen LogP contribution is 2.31. The molecule has 0 spiro atoms. The maximum atomic E-state index is 11.3. The number of nitrogen functional groups attached to an aromatic ring is 1. The summed E-state index contributed by atoms with van der Waals surface area (Å²) in [5.74, 6) is 0.0178. The van der Waals surface area contributed by atoms with Gasteiger partial charge in [-0.1, -0.05) is 0 Å². The van der Waals surface area contributed by atoms with E-state index in [2.05, 4.69) is 10.6 Å². The van der Waals surface area contributed by atoms with E-state index in [0.29, 0.717) is 25.3 Å². The van der Waals surface area contributed by atoms with Gasteiger partial charge in [0.05, 0.1) is 23.9 Å². The van der Waals surface area contributed by atoms with Gasteiger partial charge in [0.2, 0.25) is 5.91 Å². The van der Waals surface area contributed by atoms with Crippen molar-refractivity contribution in [2.45, 2.75) is 26.4 Å². The second kappa shape index (κ2) is 5.27. The standard InChI is InChI=1S/C13H19N3O2/c1-3-18-8(2)7-15-12-6-11-9(4-10(12)14)5-13(17)16-11/h4,6,8,15H,3,5,7,14H2,1-2H3,(H,16,17). The van der Waals surface area contributed by atoms with Crippen LogP contribution in [0.5, 0.6) is 0 Å². The van der Waals surface area contributed by atoms with E-state index in [-0.39, 0.29) is 12.0 Å². The first-order valence-electron chi connectivity index (χ1n) is 6.18. The van der Waals surface area contributed by atoms with E-state index in [1.165, 1.54) is 0 Å². The van der Waals surface area contributed by atoms with E-state index >= 15 is 0 Å². The van der Waals surface area contributed by atoms with Gasteiger partial charge in [-0.25, -0.2) is 0 Å². The molecule has 0 radical (unpaired) electrons. The molecule has 1 heterocycles. The summed E-state index contributed by atoms with van der Waals surface area (Å²) < 4.78 is 5.44. The smallest absolute Gasteiger partial charge is 0.228 e. The molecule has 4 N–H and O–H groups in total. The van der Waals surface area contributed by atoms with Gasteiger partial charge in [-0.15, -0.1) is 0 Å². The second-order valence-electron chi connectivity index (χ2n) is 4.47. The number of hydrogen-bond donors (Lipinski definition) is 3. The summed E-state index contributed by atoms with van der Waals surface area (Å²) in [6, 6.07) is 3.73. The third kappa shape index (κ3) is 2.73. The summed E-state index contributed by atoms with van der Waals surface area (Å²) >= 11 is 0. The van der Waals surface area contributed by atoms with Crippen molar-refractivity contribution in [2.75, 3.05) is 29.5 Å². The topological polar surface area (TPSA) is 76.4 Å². The quantitative estimate of drug-likeness (QED) is 0.693. The molecule has 1 aliphatic rings.